The molecule has 3 N–H and O–H groups in total. The maximum atomic E-state index is 8.59. The maximum absolute atomic E-state index is 8.59. The summed E-state index contributed by atoms with van der Waals surface area (Å²) in [5, 5.41) is 0. The van der Waals surface area contributed by atoms with Crippen molar-refractivity contribution in [1.82, 2.24) is 0 Å². The summed E-state index contributed by atoms with van der Waals surface area (Å²) >= 11 is 0. The van der Waals surface area contributed by atoms with Crippen LogP contribution in [0.2, 0.25) is 0 Å². The van der Waals surface area contributed by atoms with E-state index in [-0.39, 0.29) is 17.4 Å². The molecule has 0 amide bonds. The summed E-state index contributed by atoms with van der Waals surface area (Å²) in [7, 11) is -9.36. The molecule has 0 spiro atoms. The average Bonchev–Trinajstić information content (AvgIpc) is 1.54. The van der Waals surface area contributed by atoms with E-state index in [1.807, 2.05) is 0 Å². The minimum atomic E-state index is -3.12. The van der Waals surface area contributed by atoms with Gasteiger partial charge in [0.1, 0.15) is 0 Å². The van der Waals surface area contributed by atoms with Crippen LogP contribution in [-0.4, -0.2) is 32.0 Å². The van der Waals surface area contributed by atoms with E-state index in [0.29, 0.717) is 0 Å². The van der Waals surface area contributed by atoms with Crippen LogP contribution in [0.3, 0.4) is 0 Å². The Morgan fingerprint density at radius 2 is 0.538 bits per heavy atom. The quantitative estimate of drug-likeness (QED) is 0.398. The van der Waals surface area contributed by atoms with Gasteiger partial charge in [0.15, 0.2) is 0 Å². The fourth-order valence-electron chi connectivity index (χ4n) is 0. The summed E-state index contributed by atoms with van der Waals surface area (Å²) < 4.78 is 51.6. The lowest BCUT2D eigenvalue weighted by Crippen LogP contribution is -1.19. The first-order chi connectivity index (χ1) is 5.20. The highest BCUT2D eigenvalue weighted by atomic mass is 31.1. The van der Waals surface area contributed by atoms with Crippen molar-refractivity contribution < 1.29 is 42.1 Å². The molecule has 13 heteroatoms. The van der Waals surface area contributed by atoms with Crippen molar-refractivity contribution in [2.75, 3.05) is 0 Å². The van der Waals surface area contributed by atoms with Crippen molar-refractivity contribution in [1.29, 1.82) is 0 Å². The lowest BCUT2D eigenvalue weighted by molar-refractivity contribution is 0.432. The van der Waals surface area contributed by atoms with Gasteiger partial charge in [-0.15, -0.1) is 0 Å². The molecule has 9 nitrogen and oxygen atoms in total. The second-order valence-corrected chi connectivity index (χ2v) is 2.14. The molecule has 75 valence electrons. The number of rotatable bonds is 0. The zero-order valence-electron chi connectivity index (χ0n) is 5.71. The Balaban J connectivity index is -0.0000000450. The summed E-state index contributed by atoms with van der Waals surface area (Å²) in [6, 6.07) is 0. The Kier molecular flexibility index (Phi) is 32.1. The first-order valence-electron chi connectivity index (χ1n) is 1.70. The normalized spacial score (nSPS) is 5.77. The van der Waals surface area contributed by atoms with Crippen molar-refractivity contribution in [2.45, 2.75) is 0 Å². The fourth-order valence-corrected chi connectivity index (χ4v) is 0. The third-order valence-corrected chi connectivity index (χ3v) is 0. The topological polar surface area (TPSA) is 163 Å². The van der Waals surface area contributed by atoms with Gasteiger partial charge >= 0.3 is 23.7 Å². The summed E-state index contributed by atoms with van der Waals surface area (Å²) in [6.07, 6.45) is 0. The molecule has 0 aliphatic rings. The Hall–Kier alpha value is 0.112. The maximum Gasteiger partial charge on any atom is 0.465 e. The summed E-state index contributed by atoms with van der Waals surface area (Å²) in [5.41, 5.74) is 0. The standard InChI is InChI=1S/Al.3HO3P/c;3*1-4(2)3/h;3*(H,1,2,3). The molecule has 3 radical (unpaired) electrons. The highest BCUT2D eigenvalue weighted by molar-refractivity contribution is 7.23. The molecular weight excluding hydrogens is 264 g/mol. The van der Waals surface area contributed by atoms with Crippen molar-refractivity contribution in [2.24, 2.45) is 0 Å². The molecule has 13 heavy (non-hydrogen) atoms. The van der Waals surface area contributed by atoms with Crippen LogP contribution in [0.25, 0.3) is 0 Å². The molecule has 0 fully saturated rings. The summed E-state index contributed by atoms with van der Waals surface area (Å²) in [6.45, 7) is 0. The van der Waals surface area contributed by atoms with Gasteiger partial charge in [-0.3, -0.25) is 14.7 Å². The lowest BCUT2D eigenvalue weighted by Gasteiger charge is -1.35. The van der Waals surface area contributed by atoms with E-state index in [4.69, 9.17) is 42.1 Å². The molecule has 0 aromatic heterocycles. The van der Waals surface area contributed by atoms with Crippen LogP contribution in [0.1, 0.15) is 0 Å². The van der Waals surface area contributed by atoms with Crippen LogP contribution in [0.15, 0.2) is 0 Å². The number of hydrogen-bond donors (Lipinski definition) is 3. The van der Waals surface area contributed by atoms with Crippen LogP contribution in [0, 0.1) is 0 Å². The Morgan fingerprint density at radius 3 is 0.538 bits per heavy atom. The second-order valence-electron chi connectivity index (χ2n) is 0.714. The van der Waals surface area contributed by atoms with Crippen LogP contribution in [-0.2, 0) is 27.4 Å². The molecule has 0 saturated carbocycles. The average molecular weight is 267 g/mol. The zero-order chi connectivity index (χ0) is 10.7. The molecule has 0 aliphatic heterocycles. The Bertz CT molecular complexity index is 208. The third-order valence-electron chi connectivity index (χ3n) is 0. The monoisotopic (exact) mass is 267 g/mol. The smallest absolute Gasteiger partial charge is 0.287 e. The molecule has 0 aliphatic carbocycles. The molecule has 0 unspecified atom stereocenters. The van der Waals surface area contributed by atoms with Gasteiger partial charge in [0.05, 0.1) is 0 Å². The lowest BCUT2D eigenvalue weighted by atomic mass is 15.9. The zero-order valence-corrected chi connectivity index (χ0v) is 9.55. The van der Waals surface area contributed by atoms with Crippen LogP contribution in [0.5, 0.6) is 0 Å². The minimum Gasteiger partial charge on any atom is -0.287 e. The minimum absolute atomic E-state index is 0. The van der Waals surface area contributed by atoms with E-state index >= 15 is 0 Å². The van der Waals surface area contributed by atoms with Gasteiger partial charge in [0.2, 0.25) is 0 Å². The molecule has 0 aromatic carbocycles. The Morgan fingerprint density at radius 1 is 0.538 bits per heavy atom. The highest BCUT2D eigenvalue weighted by Crippen LogP contribution is 1.85. The highest BCUT2D eigenvalue weighted by Gasteiger charge is 1.58. The van der Waals surface area contributed by atoms with E-state index in [2.05, 4.69) is 0 Å². The van der Waals surface area contributed by atoms with Crippen LogP contribution in [0.4, 0.5) is 0 Å². The SMILES string of the molecule is O=P(=O)O.O=P(=O)O.O=P(=O)O.[Al]. The van der Waals surface area contributed by atoms with Crippen molar-refractivity contribution in [3.63, 3.8) is 0 Å². The van der Waals surface area contributed by atoms with Gasteiger partial charge < -0.3 is 0 Å². The third kappa shape index (κ3) is 97900. The molecule has 0 saturated heterocycles. The van der Waals surface area contributed by atoms with E-state index in [9.17, 15) is 0 Å². The largest absolute Gasteiger partial charge is 0.465 e. The van der Waals surface area contributed by atoms with Gasteiger partial charge in [-0.25, -0.2) is 27.4 Å². The molecule has 0 rings (SSSR count). The summed E-state index contributed by atoms with van der Waals surface area (Å²) in [5.74, 6) is 0. The van der Waals surface area contributed by atoms with Gasteiger partial charge in [-0.2, -0.15) is 0 Å². The number of hydrogen-bond acceptors (Lipinski definition) is 6. The summed E-state index contributed by atoms with van der Waals surface area (Å²) in [4.78, 5) is 21.0. The van der Waals surface area contributed by atoms with Crippen molar-refractivity contribution >= 4 is 41.1 Å². The first kappa shape index (κ1) is 23.2. The van der Waals surface area contributed by atoms with E-state index in [0.717, 1.165) is 0 Å². The molecular formula is H3AlO9P3. The molecule has 0 aromatic rings. The Labute approximate surface area is 83.6 Å². The second kappa shape index (κ2) is 18.0. The van der Waals surface area contributed by atoms with Crippen LogP contribution < -0.4 is 0 Å². The van der Waals surface area contributed by atoms with E-state index in [1.165, 1.54) is 0 Å². The van der Waals surface area contributed by atoms with Gasteiger partial charge in [0, 0.05) is 17.4 Å². The predicted octanol–water partition coefficient (Wildman–Crippen LogP) is -0.181. The van der Waals surface area contributed by atoms with Crippen molar-refractivity contribution in [3.05, 3.63) is 0 Å². The van der Waals surface area contributed by atoms with E-state index < -0.39 is 23.7 Å². The molecule has 0 heterocycles. The predicted molar refractivity (Wildman–Crippen MR) is 37.3 cm³/mol. The van der Waals surface area contributed by atoms with Gasteiger partial charge in [-0.05, 0) is 0 Å². The molecule has 0 atom stereocenters. The van der Waals surface area contributed by atoms with Crippen LogP contribution >= 0.6 is 23.7 Å². The first-order valence-corrected chi connectivity index (χ1v) is 5.09. The van der Waals surface area contributed by atoms with Crippen molar-refractivity contribution in [3.8, 4) is 0 Å². The molecule has 0 bridgehead atoms. The van der Waals surface area contributed by atoms with Gasteiger partial charge in [-0.1, -0.05) is 0 Å². The van der Waals surface area contributed by atoms with Gasteiger partial charge in [0.25, 0.3) is 0 Å². The fraction of sp³-hybridized carbons (Fsp3) is 0. The van der Waals surface area contributed by atoms with E-state index in [1.54, 1.807) is 0 Å².